The van der Waals surface area contributed by atoms with Crippen molar-refractivity contribution in [3.63, 3.8) is 0 Å². The van der Waals surface area contributed by atoms with Gasteiger partial charge < -0.3 is 19.1 Å². The van der Waals surface area contributed by atoms with Crippen LogP contribution >= 0.6 is 0 Å². The first-order chi connectivity index (χ1) is 14.2. The minimum Gasteiger partial charge on any atom is -0.493 e. The van der Waals surface area contributed by atoms with Crippen LogP contribution in [0.3, 0.4) is 0 Å². The zero-order valence-electron chi connectivity index (χ0n) is 16.9. The van der Waals surface area contributed by atoms with E-state index in [0.29, 0.717) is 36.7 Å². The molecule has 3 saturated heterocycles. The van der Waals surface area contributed by atoms with Gasteiger partial charge in [0.1, 0.15) is 0 Å². The second-order valence-electron chi connectivity index (χ2n) is 9.48. The van der Waals surface area contributed by atoms with Crippen molar-refractivity contribution in [1.29, 1.82) is 0 Å². The van der Waals surface area contributed by atoms with Gasteiger partial charge in [-0.25, -0.2) is 0 Å². The maximum atomic E-state index is 13.5. The average molecular weight is 394 g/mol. The third kappa shape index (κ3) is 1.76. The fraction of sp³-hybridized carbons (Fsp3) is 0.609. The molecule has 6 nitrogen and oxygen atoms in total. The zero-order chi connectivity index (χ0) is 19.5. The van der Waals surface area contributed by atoms with Gasteiger partial charge in [-0.05, 0) is 36.9 Å². The predicted molar refractivity (Wildman–Crippen MR) is 107 cm³/mol. The van der Waals surface area contributed by atoms with E-state index in [1.807, 2.05) is 6.07 Å². The summed E-state index contributed by atoms with van der Waals surface area (Å²) in [6, 6.07) is 4.87. The number of fused-ring (bicyclic) bond motifs is 2. The van der Waals surface area contributed by atoms with Crippen LogP contribution < -0.4 is 14.4 Å². The topological polar surface area (TPSA) is 51.2 Å². The van der Waals surface area contributed by atoms with E-state index in [4.69, 9.17) is 14.2 Å². The van der Waals surface area contributed by atoms with Crippen molar-refractivity contribution in [3.8, 4) is 11.5 Å². The summed E-state index contributed by atoms with van der Waals surface area (Å²) in [6.07, 6.45) is 5.11. The molecule has 1 saturated carbocycles. The van der Waals surface area contributed by atoms with Crippen LogP contribution in [0.25, 0.3) is 0 Å². The second kappa shape index (κ2) is 5.35. The van der Waals surface area contributed by atoms with Gasteiger partial charge in [0, 0.05) is 30.0 Å². The number of rotatable bonds is 2. The number of ether oxygens (including phenoxy) is 3. The molecule has 0 N–H and O–H groups in total. The van der Waals surface area contributed by atoms with Gasteiger partial charge in [0.2, 0.25) is 5.91 Å². The van der Waals surface area contributed by atoms with E-state index in [9.17, 15) is 4.79 Å². The molecule has 5 heterocycles. The molecular formula is C23H26N2O4. The third-order valence-electron chi connectivity index (χ3n) is 8.81. The SMILES string of the molecule is COc1cc2c(cc1OC)[C@@]13CCN4CC5=CCOC6CC(=O)N2[C@H]1C6C5C[C@H]43. The predicted octanol–water partition coefficient (Wildman–Crippen LogP) is 2.11. The molecule has 7 rings (SSSR count). The van der Waals surface area contributed by atoms with Gasteiger partial charge in [0.25, 0.3) is 0 Å². The molecule has 0 aromatic heterocycles. The molecule has 0 radical (unpaired) electrons. The molecular weight excluding hydrogens is 368 g/mol. The number of hydrogen-bond donors (Lipinski definition) is 0. The van der Waals surface area contributed by atoms with Gasteiger partial charge in [0.15, 0.2) is 11.5 Å². The first-order valence-electron chi connectivity index (χ1n) is 10.8. The van der Waals surface area contributed by atoms with Crippen LogP contribution in [-0.2, 0) is 14.9 Å². The number of anilines is 1. The van der Waals surface area contributed by atoms with Crippen molar-refractivity contribution in [2.75, 3.05) is 38.8 Å². The molecule has 4 fully saturated rings. The first kappa shape index (κ1) is 16.7. The fourth-order valence-electron chi connectivity index (χ4n) is 7.87. The maximum absolute atomic E-state index is 13.5. The Labute approximate surface area is 170 Å². The zero-order valence-corrected chi connectivity index (χ0v) is 16.9. The number of hydrogen-bond acceptors (Lipinski definition) is 5. The average Bonchev–Trinajstić information content (AvgIpc) is 3.20. The molecule has 2 bridgehead atoms. The first-order valence-corrected chi connectivity index (χ1v) is 10.8. The van der Waals surface area contributed by atoms with Gasteiger partial charge >= 0.3 is 0 Å². The summed E-state index contributed by atoms with van der Waals surface area (Å²) >= 11 is 0. The Hall–Kier alpha value is -2.05. The molecule has 6 atom stereocenters. The van der Waals surface area contributed by atoms with Crippen molar-refractivity contribution in [3.05, 3.63) is 29.3 Å². The third-order valence-corrected chi connectivity index (χ3v) is 8.81. The maximum Gasteiger partial charge on any atom is 0.229 e. The highest BCUT2D eigenvalue weighted by atomic mass is 16.5. The molecule has 29 heavy (non-hydrogen) atoms. The lowest BCUT2D eigenvalue weighted by Gasteiger charge is -2.58. The summed E-state index contributed by atoms with van der Waals surface area (Å²) in [7, 11) is 3.36. The molecule has 1 aromatic carbocycles. The van der Waals surface area contributed by atoms with Gasteiger partial charge in [0.05, 0.1) is 45.1 Å². The molecule has 1 aromatic rings. The lowest BCUT2D eigenvalue weighted by atomic mass is 9.53. The highest BCUT2D eigenvalue weighted by Crippen LogP contribution is 2.66. The summed E-state index contributed by atoms with van der Waals surface area (Å²) < 4.78 is 17.6. The quantitative estimate of drug-likeness (QED) is 0.719. The Bertz CT molecular complexity index is 974. The molecule has 5 aliphatic heterocycles. The minimum absolute atomic E-state index is 0.0242. The molecule has 3 unspecified atom stereocenters. The number of amides is 1. The Kier molecular flexibility index (Phi) is 3.08. The number of carbonyl (C=O) groups is 1. The number of benzene rings is 1. The number of carbonyl (C=O) groups excluding carboxylic acids is 1. The largest absolute Gasteiger partial charge is 0.493 e. The van der Waals surface area contributed by atoms with Gasteiger partial charge in [-0.2, -0.15) is 0 Å². The van der Waals surface area contributed by atoms with Crippen LogP contribution in [0.15, 0.2) is 23.8 Å². The van der Waals surface area contributed by atoms with E-state index in [-0.39, 0.29) is 23.5 Å². The van der Waals surface area contributed by atoms with E-state index in [1.165, 1.54) is 12.0 Å². The summed E-state index contributed by atoms with van der Waals surface area (Å²) in [6.45, 7) is 2.80. The molecule has 1 aliphatic carbocycles. The molecule has 152 valence electrons. The number of piperidine rings is 2. The second-order valence-corrected chi connectivity index (χ2v) is 9.48. The van der Waals surface area contributed by atoms with Gasteiger partial charge in [-0.1, -0.05) is 11.6 Å². The fourth-order valence-corrected chi connectivity index (χ4v) is 7.87. The standard InChI is InChI=1S/C23H26N2O4/c1-27-16-8-14-15(9-17(16)28-2)25-20(26)10-18-21-13-7-19-23(14,22(21)25)4-5-24(19)11-12(13)3-6-29-18/h3,8-9,13,18-19,21-22H,4-7,10-11H2,1-2H3/t13?,18?,19-,21?,22-,23+/m0/s1. The molecule has 1 spiro atoms. The van der Waals surface area contributed by atoms with E-state index in [2.05, 4.69) is 21.9 Å². The summed E-state index contributed by atoms with van der Waals surface area (Å²) in [5.41, 5.74) is 3.85. The van der Waals surface area contributed by atoms with Crippen molar-refractivity contribution in [2.45, 2.75) is 42.9 Å². The summed E-state index contributed by atoms with van der Waals surface area (Å²) in [5.74, 6) is 2.57. The molecule has 6 heteroatoms. The van der Waals surface area contributed by atoms with Crippen LogP contribution in [0.4, 0.5) is 5.69 Å². The van der Waals surface area contributed by atoms with Crippen LogP contribution in [0.2, 0.25) is 0 Å². The lowest BCUT2D eigenvalue weighted by Crippen LogP contribution is -2.69. The highest BCUT2D eigenvalue weighted by Gasteiger charge is 2.71. The van der Waals surface area contributed by atoms with Crippen molar-refractivity contribution < 1.29 is 19.0 Å². The van der Waals surface area contributed by atoms with Crippen LogP contribution in [-0.4, -0.2) is 62.9 Å². The van der Waals surface area contributed by atoms with Gasteiger partial charge in [-0.15, -0.1) is 0 Å². The van der Waals surface area contributed by atoms with Crippen LogP contribution in [0.5, 0.6) is 11.5 Å². The monoisotopic (exact) mass is 394 g/mol. The molecule has 6 aliphatic rings. The Balaban J connectivity index is 1.52. The van der Waals surface area contributed by atoms with Crippen molar-refractivity contribution in [1.82, 2.24) is 4.90 Å². The Morgan fingerprint density at radius 3 is 2.86 bits per heavy atom. The minimum atomic E-state index is -0.0242. The number of nitrogens with zero attached hydrogens (tertiary/aromatic N) is 2. The van der Waals surface area contributed by atoms with Crippen molar-refractivity contribution >= 4 is 11.6 Å². The van der Waals surface area contributed by atoms with E-state index < -0.39 is 0 Å². The van der Waals surface area contributed by atoms with E-state index in [0.717, 1.165) is 30.9 Å². The van der Waals surface area contributed by atoms with Crippen LogP contribution in [0.1, 0.15) is 24.8 Å². The van der Waals surface area contributed by atoms with Crippen LogP contribution in [0, 0.1) is 11.8 Å². The summed E-state index contributed by atoms with van der Waals surface area (Å²) in [4.78, 5) is 18.3. The molecule has 1 amide bonds. The Morgan fingerprint density at radius 1 is 1.21 bits per heavy atom. The Morgan fingerprint density at radius 2 is 2.03 bits per heavy atom. The van der Waals surface area contributed by atoms with Gasteiger partial charge in [-0.3, -0.25) is 9.69 Å². The smallest absolute Gasteiger partial charge is 0.229 e. The van der Waals surface area contributed by atoms with E-state index >= 15 is 0 Å². The highest BCUT2D eigenvalue weighted by molar-refractivity contribution is 5.99. The normalized spacial score (nSPS) is 41.0. The lowest BCUT2D eigenvalue weighted by molar-refractivity contribution is -0.132. The van der Waals surface area contributed by atoms with Crippen molar-refractivity contribution in [2.24, 2.45) is 11.8 Å². The number of methoxy groups -OCH3 is 2. The van der Waals surface area contributed by atoms with E-state index in [1.54, 1.807) is 19.8 Å². The summed E-state index contributed by atoms with van der Waals surface area (Å²) in [5, 5.41) is 0.